The number of rotatable bonds is 6. The van der Waals surface area contributed by atoms with E-state index in [9.17, 15) is 4.79 Å². The third kappa shape index (κ3) is 3.99. The number of aromatic nitrogens is 2. The lowest BCUT2D eigenvalue weighted by atomic mass is 9.60. The molecule has 0 atom stereocenters. The summed E-state index contributed by atoms with van der Waals surface area (Å²) in [5, 5.41) is 14.3. The van der Waals surface area contributed by atoms with E-state index in [1.54, 1.807) is 6.07 Å². The molecule has 2 spiro atoms. The summed E-state index contributed by atoms with van der Waals surface area (Å²) < 4.78 is 7.77. The molecule has 2 saturated carbocycles. The molecule has 5 aliphatic rings. The highest BCUT2D eigenvalue weighted by molar-refractivity contribution is 6.32. The van der Waals surface area contributed by atoms with Crippen LogP contribution in [0.4, 0.5) is 11.5 Å². The van der Waals surface area contributed by atoms with Crippen LogP contribution in [0.3, 0.4) is 0 Å². The molecular weight excluding hydrogens is 538 g/mol. The standard InChI is InChI=1S/C31H40ClN7O2/c1-4-26(40)37-16-30(17-37)11-21(12-30)39-20(3)28(27-19(2)24(32)10-25(34)23(27)13-33)29(35-39)38-9-8-36(22-14-41-15-22)18-31(38)6-5-7-31/h4,10,13,21-22,33H,1,5-9,11-12,14-18,34H2,2-3H3. The molecule has 1 amide bonds. The summed E-state index contributed by atoms with van der Waals surface area (Å²) in [5.41, 5.74) is 11.9. The fourth-order valence-electron chi connectivity index (χ4n) is 8.12. The van der Waals surface area contributed by atoms with Crippen molar-refractivity contribution in [3.8, 4) is 11.1 Å². The van der Waals surface area contributed by atoms with Gasteiger partial charge in [-0.05, 0) is 63.7 Å². The van der Waals surface area contributed by atoms with Gasteiger partial charge in [-0.1, -0.05) is 18.2 Å². The zero-order chi connectivity index (χ0) is 28.7. The van der Waals surface area contributed by atoms with Crippen LogP contribution in [0.15, 0.2) is 18.7 Å². The first-order chi connectivity index (χ1) is 19.7. The Morgan fingerprint density at radius 1 is 1.17 bits per heavy atom. The van der Waals surface area contributed by atoms with E-state index >= 15 is 0 Å². The monoisotopic (exact) mass is 577 g/mol. The number of ether oxygens (including phenoxy) is 1. The number of nitrogens with two attached hydrogens (primary N) is 1. The quantitative estimate of drug-likeness (QED) is 0.303. The molecule has 4 heterocycles. The van der Waals surface area contributed by atoms with Gasteiger partial charge >= 0.3 is 0 Å². The van der Waals surface area contributed by atoms with Crippen LogP contribution in [0.2, 0.25) is 5.02 Å². The van der Waals surface area contributed by atoms with Gasteiger partial charge in [0, 0.05) is 77.4 Å². The van der Waals surface area contributed by atoms with Gasteiger partial charge in [0.1, 0.15) is 0 Å². The number of carbonyl (C=O) groups excluding carboxylic acids is 1. The number of hydrogen-bond donors (Lipinski definition) is 2. The molecule has 3 aliphatic heterocycles. The number of carbonyl (C=O) groups is 1. The summed E-state index contributed by atoms with van der Waals surface area (Å²) in [4.78, 5) is 19.2. The highest BCUT2D eigenvalue weighted by Gasteiger charge is 2.55. The second-order valence-corrected chi connectivity index (χ2v) is 13.5. The van der Waals surface area contributed by atoms with E-state index in [4.69, 9.17) is 32.6 Å². The molecule has 2 aliphatic carbocycles. The highest BCUT2D eigenvalue weighted by atomic mass is 35.5. The maximum atomic E-state index is 12.1. The fourth-order valence-corrected chi connectivity index (χ4v) is 8.34. The number of nitrogens with zero attached hydrogens (tertiary/aromatic N) is 5. The molecule has 2 aromatic rings. The van der Waals surface area contributed by atoms with Crippen LogP contribution < -0.4 is 10.6 Å². The Morgan fingerprint density at radius 2 is 1.90 bits per heavy atom. The van der Waals surface area contributed by atoms with Gasteiger partial charge in [0.15, 0.2) is 5.82 Å². The molecule has 41 heavy (non-hydrogen) atoms. The molecular formula is C31H40ClN7O2. The number of amides is 1. The highest BCUT2D eigenvalue weighted by Crippen LogP contribution is 2.56. The Morgan fingerprint density at radius 3 is 2.49 bits per heavy atom. The van der Waals surface area contributed by atoms with Crippen LogP contribution in [0.1, 0.15) is 55.0 Å². The van der Waals surface area contributed by atoms with E-state index in [1.807, 2.05) is 11.8 Å². The molecule has 1 aromatic carbocycles. The third-order valence-corrected chi connectivity index (χ3v) is 11.1. The number of halogens is 1. The molecule has 7 rings (SSSR count). The Hall–Kier alpha value is -2.88. The van der Waals surface area contributed by atoms with Crippen molar-refractivity contribution in [3.63, 3.8) is 0 Å². The number of benzene rings is 1. The average molecular weight is 578 g/mol. The molecule has 5 fully saturated rings. The first-order valence-corrected chi connectivity index (χ1v) is 15.3. The predicted octanol–water partition coefficient (Wildman–Crippen LogP) is 4.19. The van der Waals surface area contributed by atoms with E-state index in [0.29, 0.717) is 22.3 Å². The molecule has 3 N–H and O–H groups in total. The topological polar surface area (TPSA) is 104 Å². The van der Waals surface area contributed by atoms with Crippen molar-refractivity contribution in [2.75, 3.05) is 56.6 Å². The van der Waals surface area contributed by atoms with E-state index in [1.165, 1.54) is 18.7 Å². The smallest absolute Gasteiger partial charge is 0.245 e. The maximum Gasteiger partial charge on any atom is 0.245 e. The van der Waals surface area contributed by atoms with Crippen LogP contribution in [0, 0.1) is 24.7 Å². The van der Waals surface area contributed by atoms with Crippen molar-refractivity contribution >= 4 is 35.2 Å². The Labute approximate surface area is 246 Å². The van der Waals surface area contributed by atoms with Crippen molar-refractivity contribution in [3.05, 3.63) is 40.6 Å². The molecule has 1 aromatic heterocycles. The summed E-state index contributed by atoms with van der Waals surface area (Å²) in [6.45, 7) is 14.0. The molecule has 218 valence electrons. The lowest BCUT2D eigenvalue weighted by Gasteiger charge is -2.59. The van der Waals surface area contributed by atoms with Gasteiger partial charge < -0.3 is 25.7 Å². The Bertz CT molecular complexity index is 1430. The summed E-state index contributed by atoms with van der Waals surface area (Å²) in [6.07, 6.45) is 8.30. The van der Waals surface area contributed by atoms with Crippen molar-refractivity contribution in [2.24, 2.45) is 5.41 Å². The van der Waals surface area contributed by atoms with Gasteiger partial charge in [0.25, 0.3) is 0 Å². The van der Waals surface area contributed by atoms with Crippen molar-refractivity contribution in [1.29, 1.82) is 5.41 Å². The fraction of sp³-hybridized carbons (Fsp3) is 0.581. The van der Waals surface area contributed by atoms with Crippen LogP contribution in [-0.2, 0) is 9.53 Å². The zero-order valence-corrected chi connectivity index (χ0v) is 24.8. The predicted molar refractivity (Wildman–Crippen MR) is 162 cm³/mol. The minimum absolute atomic E-state index is 0.0190. The van der Waals surface area contributed by atoms with Crippen LogP contribution in [0.25, 0.3) is 11.1 Å². The van der Waals surface area contributed by atoms with Gasteiger partial charge in [0.2, 0.25) is 5.91 Å². The maximum absolute atomic E-state index is 12.1. The van der Waals surface area contributed by atoms with Gasteiger partial charge in [-0.15, -0.1) is 0 Å². The first-order valence-electron chi connectivity index (χ1n) is 14.9. The molecule has 9 nitrogen and oxygen atoms in total. The van der Waals surface area contributed by atoms with E-state index in [0.717, 1.165) is 99.8 Å². The summed E-state index contributed by atoms with van der Waals surface area (Å²) in [5.74, 6) is 1.02. The molecule has 0 bridgehead atoms. The second-order valence-electron chi connectivity index (χ2n) is 13.1. The summed E-state index contributed by atoms with van der Waals surface area (Å²) >= 11 is 6.73. The van der Waals surface area contributed by atoms with Crippen molar-refractivity contribution < 1.29 is 9.53 Å². The second kappa shape index (κ2) is 9.57. The minimum Gasteiger partial charge on any atom is -0.398 e. The molecule has 10 heteroatoms. The van der Waals surface area contributed by atoms with E-state index < -0.39 is 0 Å². The third-order valence-electron chi connectivity index (χ3n) is 10.7. The molecule has 0 unspecified atom stereocenters. The van der Waals surface area contributed by atoms with Crippen LogP contribution >= 0.6 is 11.6 Å². The van der Waals surface area contributed by atoms with Gasteiger partial charge in [-0.25, -0.2) is 0 Å². The summed E-state index contributed by atoms with van der Waals surface area (Å²) in [6, 6.07) is 2.55. The largest absolute Gasteiger partial charge is 0.398 e. The lowest BCUT2D eigenvalue weighted by Crippen LogP contribution is -2.69. The van der Waals surface area contributed by atoms with Gasteiger partial charge in [-0.2, -0.15) is 5.10 Å². The number of anilines is 2. The zero-order valence-electron chi connectivity index (χ0n) is 24.1. The SMILES string of the molecule is C=CC(=O)N1CC2(CC(n3nc(N4CCN(C5COC5)CC45CCC5)c(-c4c(C)c(Cl)cc(N)c4C=N)c3C)C2)C1. The number of likely N-dealkylation sites (tertiary alicyclic amines) is 1. The Balaban J connectivity index is 1.29. The lowest BCUT2D eigenvalue weighted by molar-refractivity contribution is -0.149. The first kappa shape index (κ1) is 27.0. The van der Waals surface area contributed by atoms with Crippen molar-refractivity contribution in [2.45, 2.75) is 63.6 Å². The number of piperazine rings is 1. The number of hydrogen-bond acceptors (Lipinski definition) is 7. The Kier molecular flexibility index (Phi) is 6.30. The van der Waals surface area contributed by atoms with Gasteiger partial charge in [-0.3, -0.25) is 14.4 Å². The summed E-state index contributed by atoms with van der Waals surface area (Å²) in [7, 11) is 0. The van der Waals surface area contributed by atoms with E-state index in [2.05, 4.69) is 28.0 Å². The van der Waals surface area contributed by atoms with Crippen LogP contribution in [-0.4, -0.2) is 89.2 Å². The number of nitrogens with one attached hydrogen (secondary N) is 1. The molecule has 3 saturated heterocycles. The van der Waals surface area contributed by atoms with Crippen LogP contribution in [0.5, 0.6) is 0 Å². The van der Waals surface area contributed by atoms with Gasteiger partial charge in [0.05, 0.1) is 30.8 Å². The molecule has 0 radical (unpaired) electrons. The van der Waals surface area contributed by atoms with E-state index in [-0.39, 0.29) is 22.9 Å². The average Bonchev–Trinajstić information content (AvgIpc) is 3.18. The van der Waals surface area contributed by atoms with Crippen molar-refractivity contribution in [1.82, 2.24) is 19.6 Å². The normalized spacial score (nSPS) is 23.6. The number of nitrogen functional groups attached to an aromatic ring is 1. The minimum atomic E-state index is 0.0190.